The van der Waals surface area contributed by atoms with Crippen molar-refractivity contribution in [3.05, 3.63) is 33.2 Å². The summed E-state index contributed by atoms with van der Waals surface area (Å²) in [5.74, 6) is -0.751. The van der Waals surface area contributed by atoms with E-state index in [0.717, 1.165) is 0 Å². The molecule has 0 aliphatic rings. The van der Waals surface area contributed by atoms with Gasteiger partial charge in [-0.15, -0.1) is 0 Å². The van der Waals surface area contributed by atoms with Crippen molar-refractivity contribution in [2.45, 2.75) is 47.2 Å². The summed E-state index contributed by atoms with van der Waals surface area (Å²) in [5, 5.41) is 2.72. The number of nitrogens with zero attached hydrogens (tertiary/aromatic N) is 1. The SMILES string of the molecule is CCOC(=O)c1c(C)cc(=O)n(CC(=O)NC(C)C)c1C. The Bertz CT molecular complexity index is 602. The van der Waals surface area contributed by atoms with Gasteiger partial charge in [0.25, 0.3) is 5.56 Å². The van der Waals surface area contributed by atoms with Crippen molar-refractivity contribution in [1.29, 1.82) is 0 Å². The molecule has 1 N–H and O–H groups in total. The molecule has 21 heavy (non-hydrogen) atoms. The van der Waals surface area contributed by atoms with E-state index in [0.29, 0.717) is 16.8 Å². The van der Waals surface area contributed by atoms with Crippen LogP contribution in [0, 0.1) is 13.8 Å². The number of carbonyl (C=O) groups is 2. The minimum atomic E-state index is -0.481. The quantitative estimate of drug-likeness (QED) is 0.827. The molecule has 1 rings (SSSR count). The molecule has 0 atom stereocenters. The third kappa shape index (κ3) is 4.18. The Balaban J connectivity index is 3.21. The van der Waals surface area contributed by atoms with Crippen LogP contribution in [0.3, 0.4) is 0 Å². The van der Waals surface area contributed by atoms with Gasteiger partial charge in [0.1, 0.15) is 6.54 Å². The van der Waals surface area contributed by atoms with Gasteiger partial charge in [-0.25, -0.2) is 4.79 Å². The van der Waals surface area contributed by atoms with Crippen molar-refractivity contribution >= 4 is 11.9 Å². The van der Waals surface area contributed by atoms with Gasteiger partial charge in [-0.05, 0) is 40.2 Å². The second kappa shape index (κ2) is 7.06. The molecule has 1 aromatic rings. The molecule has 0 fully saturated rings. The number of rotatable bonds is 5. The number of amides is 1. The number of hydrogen-bond acceptors (Lipinski definition) is 4. The van der Waals surface area contributed by atoms with Crippen molar-refractivity contribution in [1.82, 2.24) is 9.88 Å². The summed E-state index contributed by atoms with van der Waals surface area (Å²) in [6.45, 7) is 8.86. The van der Waals surface area contributed by atoms with Crippen LogP contribution < -0.4 is 10.9 Å². The van der Waals surface area contributed by atoms with Crippen LogP contribution in [-0.4, -0.2) is 29.1 Å². The zero-order valence-corrected chi connectivity index (χ0v) is 13.1. The lowest BCUT2D eigenvalue weighted by molar-refractivity contribution is -0.122. The molecular weight excluding hydrogens is 272 g/mol. The van der Waals surface area contributed by atoms with Gasteiger partial charge in [0, 0.05) is 17.8 Å². The van der Waals surface area contributed by atoms with Crippen LogP contribution >= 0.6 is 0 Å². The van der Waals surface area contributed by atoms with E-state index < -0.39 is 5.97 Å². The van der Waals surface area contributed by atoms with Gasteiger partial charge in [0.15, 0.2) is 0 Å². The fourth-order valence-electron chi connectivity index (χ4n) is 2.14. The van der Waals surface area contributed by atoms with Gasteiger partial charge in [0.05, 0.1) is 12.2 Å². The average molecular weight is 294 g/mol. The van der Waals surface area contributed by atoms with Crippen LogP contribution in [0.2, 0.25) is 0 Å². The predicted molar refractivity (Wildman–Crippen MR) is 79.4 cm³/mol. The molecule has 1 aromatic heterocycles. The van der Waals surface area contributed by atoms with Crippen LogP contribution in [0.4, 0.5) is 0 Å². The maximum Gasteiger partial charge on any atom is 0.340 e. The minimum absolute atomic E-state index is 0.0107. The third-order valence-corrected chi connectivity index (χ3v) is 3.00. The smallest absolute Gasteiger partial charge is 0.340 e. The standard InChI is InChI=1S/C15H22N2O4/c1-6-21-15(20)14-10(4)7-13(19)17(11(14)5)8-12(18)16-9(2)3/h7,9H,6,8H2,1-5H3,(H,16,18). The number of carbonyl (C=O) groups excluding carboxylic acids is 2. The Labute approximate surface area is 124 Å². The molecule has 6 nitrogen and oxygen atoms in total. The summed E-state index contributed by atoms with van der Waals surface area (Å²) in [6.07, 6.45) is 0. The summed E-state index contributed by atoms with van der Waals surface area (Å²) in [5.41, 5.74) is 1.03. The number of hydrogen-bond donors (Lipinski definition) is 1. The summed E-state index contributed by atoms with van der Waals surface area (Å²) in [4.78, 5) is 35.9. The van der Waals surface area contributed by atoms with Gasteiger partial charge >= 0.3 is 5.97 Å². The molecule has 0 bridgehead atoms. The highest BCUT2D eigenvalue weighted by Crippen LogP contribution is 2.13. The average Bonchev–Trinajstić information content (AvgIpc) is 2.33. The fourth-order valence-corrected chi connectivity index (χ4v) is 2.14. The molecule has 0 unspecified atom stereocenters. The number of esters is 1. The molecule has 0 spiro atoms. The van der Waals surface area contributed by atoms with Gasteiger partial charge in [0.2, 0.25) is 5.91 Å². The molecule has 1 heterocycles. The Morgan fingerprint density at radius 3 is 2.48 bits per heavy atom. The first-order chi connectivity index (χ1) is 9.77. The van der Waals surface area contributed by atoms with Gasteiger partial charge in [-0.3, -0.25) is 9.59 Å². The van der Waals surface area contributed by atoms with E-state index in [4.69, 9.17) is 4.74 Å². The van der Waals surface area contributed by atoms with Crippen molar-refractivity contribution in [3.63, 3.8) is 0 Å². The van der Waals surface area contributed by atoms with E-state index in [1.54, 1.807) is 20.8 Å². The molecule has 0 aromatic carbocycles. The molecule has 116 valence electrons. The first-order valence-corrected chi connectivity index (χ1v) is 6.95. The van der Waals surface area contributed by atoms with E-state index >= 15 is 0 Å². The number of aryl methyl sites for hydroxylation is 1. The van der Waals surface area contributed by atoms with Crippen molar-refractivity contribution < 1.29 is 14.3 Å². The van der Waals surface area contributed by atoms with E-state index in [-0.39, 0.29) is 30.7 Å². The van der Waals surface area contributed by atoms with E-state index in [9.17, 15) is 14.4 Å². The fraction of sp³-hybridized carbons (Fsp3) is 0.533. The second-order valence-electron chi connectivity index (χ2n) is 5.15. The molecule has 0 radical (unpaired) electrons. The van der Waals surface area contributed by atoms with Crippen molar-refractivity contribution in [2.75, 3.05) is 6.61 Å². The van der Waals surface area contributed by atoms with E-state index in [1.807, 2.05) is 13.8 Å². The largest absolute Gasteiger partial charge is 0.462 e. The predicted octanol–water partition coefficient (Wildman–Crippen LogP) is 1.17. The second-order valence-corrected chi connectivity index (χ2v) is 5.15. The van der Waals surface area contributed by atoms with Gasteiger partial charge < -0.3 is 14.6 Å². The van der Waals surface area contributed by atoms with Crippen LogP contribution in [0.1, 0.15) is 42.4 Å². The Morgan fingerprint density at radius 2 is 1.95 bits per heavy atom. The zero-order chi connectivity index (χ0) is 16.2. The highest BCUT2D eigenvalue weighted by atomic mass is 16.5. The number of aromatic nitrogens is 1. The maximum absolute atomic E-state index is 12.0. The van der Waals surface area contributed by atoms with Crippen LogP contribution in [-0.2, 0) is 16.1 Å². The Kier molecular flexibility index (Phi) is 5.69. The molecule has 6 heteroatoms. The van der Waals surface area contributed by atoms with E-state index in [1.165, 1.54) is 10.6 Å². The highest BCUT2D eigenvalue weighted by Gasteiger charge is 2.19. The normalized spacial score (nSPS) is 10.6. The Hall–Kier alpha value is -2.11. The number of nitrogens with one attached hydrogen (secondary N) is 1. The number of ether oxygens (including phenoxy) is 1. The van der Waals surface area contributed by atoms with E-state index in [2.05, 4.69) is 5.32 Å². The zero-order valence-electron chi connectivity index (χ0n) is 13.1. The summed E-state index contributed by atoms with van der Waals surface area (Å²) < 4.78 is 6.29. The molecular formula is C15H22N2O4. The first-order valence-electron chi connectivity index (χ1n) is 6.95. The monoisotopic (exact) mass is 294 g/mol. The molecule has 0 aliphatic carbocycles. The van der Waals surface area contributed by atoms with Gasteiger partial charge in [-0.1, -0.05) is 0 Å². The number of pyridine rings is 1. The lowest BCUT2D eigenvalue weighted by Gasteiger charge is -2.16. The van der Waals surface area contributed by atoms with Crippen LogP contribution in [0.15, 0.2) is 10.9 Å². The summed E-state index contributed by atoms with van der Waals surface area (Å²) in [6, 6.07) is 1.34. The minimum Gasteiger partial charge on any atom is -0.462 e. The lowest BCUT2D eigenvalue weighted by Crippen LogP contribution is -2.37. The van der Waals surface area contributed by atoms with Crippen molar-refractivity contribution in [2.24, 2.45) is 0 Å². The molecule has 0 aliphatic heterocycles. The van der Waals surface area contributed by atoms with Gasteiger partial charge in [-0.2, -0.15) is 0 Å². The first kappa shape index (κ1) is 16.9. The summed E-state index contributed by atoms with van der Waals surface area (Å²) in [7, 11) is 0. The maximum atomic E-state index is 12.0. The lowest BCUT2D eigenvalue weighted by atomic mass is 10.1. The molecule has 0 saturated heterocycles. The Morgan fingerprint density at radius 1 is 1.33 bits per heavy atom. The molecule has 0 saturated carbocycles. The van der Waals surface area contributed by atoms with Crippen LogP contribution in [0.25, 0.3) is 0 Å². The van der Waals surface area contributed by atoms with Crippen LogP contribution in [0.5, 0.6) is 0 Å². The summed E-state index contributed by atoms with van der Waals surface area (Å²) >= 11 is 0. The molecule has 1 amide bonds. The third-order valence-electron chi connectivity index (χ3n) is 3.00. The highest BCUT2D eigenvalue weighted by molar-refractivity contribution is 5.92. The topological polar surface area (TPSA) is 77.4 Å². The van der Waals surface area contributed by atoms with Crippen molar-refractivity contribution in [3.8, 4) is 0 Å².